The Hall–Kier alpha value is -0.120. The molecule has 84 valence electrons. The summed E-state index contributed by atoms with van der Waals surface area (Å²) in [7, 11) is 0. The minimum atomic E-state index is 0.679. The van der Waals surface area contributed by atoms with E-state index in [-0.39, 0.29) is 0 Å². The number of hydrogen-bond donors (Lipinski definition) is 1. The predicted molar refractivity (Wildman–Crippen MR) is 59.3 cm³/mol. The van der Waals surface area contributed by atoms with Gasteiger partial charge in [0.25, 0.3) is 0 Å². The SMILES string of the molecule is CCCC(CN)CN1CCCOCC1. The molecule has 3 heteroatoms. The smallest absolute Gasteiger partial charge is 0.0593 e. The number of nitrogens with zero attached hydrogens (tertiary/aromatic N) is 1. The Morgan fingerprint density at radius 1 is 1.36 bits per heavy atom. The molecule has 1 fully saturated rings. The average molecular weight is 200 g/mol. The lowest BCUT2D eigenvalue weighted by Gasteiger charge is -2.24. The van der Waals surface area contributed by atoms with Crippen LogP contribution in [0.2, 0.25) is 0 Å². The third-order valence-corrected chi connectivity index (χ3v) is 2.86. The predicted octanol–water partition coefficient (Wildman–Crippen LogP) is 1.08. The molecule has 0 spiro atoms. The van der Waals surface area contributed by atoms with Crippen molar-refractivity contribution in [1.29, 1.82) is 0 Å². The number of ether oxygens (including phenoxy) is 1. The van der Waals surface area contributed by atoms with Crippen molar-refractivity contribution < 1.29 is 4.74 Å². The summed E-state index contributed by atoms with van der Waals surface area (Å²) < 4.78 is 5.43. The van der Waals surface area contributed by atoms with Crippen LogP contribution in [-0.2, 0) is 4.74 Å². The zero-order chi connectivity index (χ0) is 10.2. The number of nitrogens with two attached hydrogens (primary N) is 1. The van der Waals surface area contributed by atoms with Gasteiger partial charge < -0.3 is 15.4 Å². The Morgan fingerprint density at radius 2 is 2.21 bits per heavy atom. The van der Waals surface area contributed by atoms with Gasteiger partial charge in [-0.15, -0.1) is 0 Å². The molecule has 1 aliphatic heterocycles. The van der Waals surface area contributed by atoms with Crippen LogP contribution in [0.1, 0.15) is 26.2 Å². The van der Waals surface area contributed by atoms with E-state index < -0.39 is 0 Å². The Bertz CT molecular complexity index is 133. The third kappa shape index (κ3) is 4.40. The fourth-order valence-electron chi connectivity index (χ4n) is 2.04. The fraction of sp³-hybridized carbons (Fsp3) is 1.00. The largest absolute Gasteiger partial charge is 0.380 e. The molecule has 1 rings (SSSR count). The molecule has 0 amide bonds. The molecule has 0 bridgehead atoms. The average Bonchev–Trinajstić information content (AvgIpc) is 2.45. The molecule has 1 atom stereocenters. The summed E-state index contributed by atoms with van der Waals surface area (Å²) in [6.45, 7) is 8.30. The second-order valence-electron chi connectivity index (χ2n) is 4.16. The van der Waals surface area contributed by atoms with Gasteiger partial charge in [0.05, 0.1) is 6.61 Å². The monoisotopic (exact) mass is 200 g/mol. The highest BCUT2D eigenvalue weighted by molar-refractivity contribution is 4.68. The first-order chi connectivity index (χ1) is 6.86. The maximum atomic E-state index is 5.76. The van der Waals surface area contributed by atoms with E-state index in [1.807, 2.05) is 0 Å². The van der Waals surface area contributed by atoms with Crippen LogP contribution in [0.15, 0.2) is 0 Å². The topological polar surface area (TPSA) is 38.5 Å². The van der Waals surface area contributed by atoms with Crippen LogP contribution in [0, 0.1) is 5.92 Å². The van der Waals surface area contributed by atoms with Gasteiger partial charge in [0.1, 0.15) is 0 Å². The maximum Gasteiger partial charge on any atom is 0.0593 e. The highest BCUT2D eigenvalue weighted by Crippen LogP contribution is 2.09. The molecular weight excluding hydrogens is 176 g/mol. The molecule has 0 aromatic rings. The lowest BCUT2D eigenvalue weighted by molar-refractivity contribution is 0.138. The number of hydrogen-bond acceptors (Lipinski definition) is 3. The minimum Gasteiger partial charge on any atom is -0.380 e. The molecule has 0 radical (unpaired) electrons. The van der Waals surface area contributed by atoms with E-state index in [0.717, 1.165) is 32.8 Å². The molecule has 14 heavy (non-hydrogen) atoms. The molecule has 1 aliphatic rings. The second kappa shape index (κ2) is 7.21. The summed E-state index contributed by atoms with van der Waals surface area (Å²) in [6.07, 6.45) is 3.67. The summed E-state index contributed by atoms with van der Waals surface area (Å²) in [5, 5.41) is 0. The van der Waals surface area contributed by atoms with Crippen molar-refractivity contribution >= 4 is 0 Å². The van der Waals surface area contributed by atoms with E-state index in [9.17, 15) is 0 Å². The normalized spacial score (nSPS) is 21.9. The standard InChI is InChI=1S/C11H24N2O/c1-2-4-11(9-12)10-13-5-3-7-14-8-6-13/h11H,2-10,12H2,1H3. The van der Waals surface area contributed by atoms with Gasteiger partial charge in [-0.25, -0.2) is 0 Å². The fourth-order valence-corrected chi connectivity index (χ4v) is 2.04. The van der Waals surface area contributed by atoms with Crippen LogP contribution >= 0.6 is 0 Å². The lowest BCUT2D eigenvalue weighted by Crippen LogP contribution is -2.34. The molecule has 0 aromatic heterocycles. The van der Waals surface area contributed by atoms with Crippen molar-refractivity contribution in [2.24, 2.45) is 11.7 Å². The zero-order valence-electron chi connectivity index (χ0n) is 9.37. The summed E-state index contributed by atoms with van der Waals surface area (Å²) in [5.74, 6) is 0.679. The molecular formula is C11H24N2O. The van der Waals surface area contributed by atoms with Gasteiger partial charge in [-0.1, -0.05) is 13.3 Å². The quantitative estimate of drug-likeness (QED) is 0.722. The van der Waals surface area contributed by atoms with Crippen LogP contribution in [0.5, 0.6) is 0 Å². The highest BCUT2D eigenvalue weighted by Gasteiger charge is 2.13. The van der Waals surface area contributed by atoms with Crippen LogP contribution in [0.3, 0.4) is 0 Å². The molecule has 0 saturated carbocycles. The van der Waals surface area contributed by atoms with Gasteiger partial charge in [-0.3, -0.25) is 0 Å². The second-order valence-corrected chi connectivity index (χ2v) is 4.16. The Balaban J connectivity index is 2.24. The third-order valence-electron chi connectivity index (χ3n) is 2.86. The van der Waals surface area contributed by atoms with E-state index in [4.69, 9.17) is 10.5 Å². The number of rotatable bonds is 5. The molecule has 1 unspecified atom stereocenters. The lowest BCUT2D eigenvalue weighted by atomic mass is 10.0. The van der Waals surface area contributed by atoms with Crippen molar-refractivity contribution in [3.63, 3.8) is 0 Å². The van der Waals surface area contributed by atoms with Crippen molar-refractivity contribution in [3.05, 3.63) is 0 Å². The van der Waals surface area contributed by atoms with Crippen LogP contribution < -0.4 is 5.73 Å². The molecule has 0 aromatic carbocycles. The van der Waals surface area contributed by atoms with Crippen LogP contribution in [-0.4, -0.2) is 44.3 Å². The van der Waals surface area contributed by atoms with E-state index in [2.05, 4.69) is 11.8 Å². The van der Waals surface area contributed by atoms with Crippen LogP contribution in [0.4, 0.5) is 0 Å². The molecule has 0 aliphatic carbocycles. The summed E-state index contributed by atoms with van der Waals surface area (Å²) in [6, 6.07) is 0. The molecule has 1 heterocycles. The molecule has 3 nitrogen and oxygen atoms in total. The van der Waals surface area contributed by atoms with Gasteiger partial charge in [0, 0.05) is 26.2 Å². The van der Waals surface area contributed by atoms with Crippen molar-refractivity contribution in [1.82, 2.24) is 4.90 Å². The highest BCUT2D eigenvalue weighted by atomic mass is 16.5. The van der Waals surface area contributed by atoms with Gasteiger partial charge >= 0.3 is 0 Å². The Morgan fingerprint density at radius 3 is 2.93 bits per heavy atom. The minimum absolute atomic E-state index is 0.679. The zero-order valence-corrected chi connectivity index (χ0v) is 9.37. The van der Waals surface area contributed by atoms with Crippen molar-refractivity contribution in [3.8, 4) is 0 Å². The first-order valence-corrected chi connectivity index (χ1v) is 5.87. The van der Waals surface area contributed by atoms with E-state index >= 15 is 0 Å². The molecule has 2 N–H and O–H groups in total. The van der Waals surface area contributed by atoms with Gasteiger partial charge in [-0.2, -0.15) is 0 Å². The summed E-state index contributed by atoms with van der Waals surface area (Å²) in [5.41, 5.74) is 5.76. The van der Waals surface area contributed by atoms with Crippen LogP contribution in [0.25, 0.3) is 0 Å². The first-order valence-electron chi connectivity index (χ1n) is 5.87. The Labute approximate surface area is 87.6 Å². The van der Waals surface area contributed by atoms with Gasteiger partial charge in [0.15, 0.2) is 0 Å². The summed E-state index contributed by atoms with van der Waals surface area (Å²) in [4.78, 5) is 2.50. The van der Waals surface area contributed by atoms with E-state index in [1.165, 1.54) is 25.8 Å². The first kappa shape index (κ1) is 12.0. The maximum absolute atomic E-state index is 5.76. The van der Waals surface area contributed by atoms with Crippen molar-refractivity contribution in [2.45, 2.75) is 26.2 Å². The van der Waals surface area contributed by atoms with Gasteiger partial charge in [0.2, 0.25) is 0 Å². The summed E-state index contributed by atoms with van der Waals surface area (Å²) >= 11 is 0. The van der Waals surface area contributed by atoms with Crippen molar-refractivity contribution in [2.75, 3.05) is 39.4 Å². The van der Waals surface area contributed by atoms with Gasteiger partial charge in [-0.05, 0) is 25.3 Å². The molecule has 1 saturated heterocycles. The Kier molecular flexibility index (Phi) is 6.15. The van der Waals surface area contributed by atoms with E-state index in [1.54, 1.807) is 0 Å². The van der Waals surface area contributed by atoms with E-state index in [0.29, 0.717) is 5.92 Å².